The smallest absolute Gasteiger partial charge is 0.356 e. The van der Waals surface area contributed by atoms with Gasteiger partial charge >= 0.3 is 5.97 Å². The van der Waals surface area contributed by atoms with Crippen molar-refractivity contribution in [2.24, 2.45) is 0 Å². The van der Waals surface area contributed by atoms with E-state index in [0.29, 0.717) is 27.3 Å². The molecule has 0 atom stereocenters. The van der Waals surface area contributed by atoms with Crippen LogP contribution in [-0.4, -0.2) is 34.5 Å². The fraction of sp³-hybridized carbons (Fsp3) is 0.133. The zero-order valence-corrected chi connectivity index (χ0v) is 13.5. The molecule has 3 heterocycles. The predicted molar refractivity (Wildman–Crippen MR) is 83.6 cm³/mol. The molecule has 0 saturated carbocycles. The van der Waals surface area contributed by atoms with Crippen LogP contribution in [0.25, 0.3) is 16.9 Å². The van der Waals surface area contributed by atoms with Gasteiger partial charge in [-0.1, -0.05) is 0 Å². The molecule has 7 nitrogen and oxygen atoms in total. The molecule has 0 fully saturated rings. The molecule has 1 aliphatic heterocycles. The SMILES string of the molecule is COC(=O)c1cc(-c2ccc3c(c2)OCO3)nc2c(Br)cnn12. The molecule has 0 radical (unpaired) electrons. The number of methoxy groups -OCH3 is 1. The number of halogens is 1. The van der Waals surface area contributed by atoms with Crippen LogP contribution >= 0.6 is 15.9 Å². The van der Waals surface area contributed by atoms with Gasteiger partial charge in [-0.2, -0.15) is 5.10 Å². The highest BCUT2D eigenvalue weighted by atomic mass is 79.9. The van der Waals surface area contributed by atoms with Crippen molar-refractivity contribution in [1.29, 1.82) is 0 Å². The summed E-state index contributed by atoms with van der Waals surface area (Å²) >= 11 is 3.39. The van der Waals surface area contributed by atoms with Gasteiger partial charge in [0.15, 0.2) is 22.8 Å². The zero-order valence-electron chi connectivity index (χ0n) is 11.9. The molecular formula is C15H10BrN3O4. The number of rotatable bonds is 2. The number of benzene rings is 1. The Labute approximate surface area is 138 Å². The zero-order chi connectivity index (χ0) is 16.0. The Morgan fingerprint density at radius 1 is 1.30 bits per heavy atom. The summed E-state index contributed by atoms with van der Waals surface area (Å²) in [5.74, 6) is 0.847. The van der Waals surface area contributed by atoms with Crippen molar-refractivity contribution in [3.8, 4) is 22.8 Å². The number of aromatic nitrogens is 3. The highest BCUT2D eigenvalue weighted by Crippen LogP contribution is 2.36. The minimum atomic E-state index is -0.491. The molecule has 0 bridgehead atoms. The van der Waals surface area contributed by atoms with E-state index in [1.54, 1.807) is 12.3 Å². The van der Waals surface area contributed by atoms with Crippen LogP contribution in [0.4, 0.5) is 0 Å². The summed E-state index contributed by atoms with van der Waals surface area (Å²) in [5, 5.41) is 4.14. The first-order chi connectivity index (χ1) is 11.2. The number of carbonyl (C=O) groups excluding carboxylic acids is 1. The molecule has 4 rings (SSSR count). The Kier molecular flexibility index (Phi) is 3.19. The van der Waals surface area contributed by atoms with Gasteiger partial charge in [-0.25, -0.2) is 14.3 Å². The third-order valence-electron chi connectivity index (χ3n) is 3.49. The third-order valence-corrected chi connectivity index (χ3v) is 4.05. The molecule has 3 aromatic rings. The van der Waals surface area contributed by atoms with Gasteiger partial charge in [-0.05, 0) is 40.2 Å². The van der Waals surface area contributed by atoms with Gasteiger partial charge in [0, 0.05) is 5.56 Å². The molecule has 23 heavy (non-hydrogen) atoms. The molecule has 0 saturated heterocycles. The summed E-state index contributed by atoms with van der Waals surface area (Å²) < 4.78 is 17.6. The van der Waals surface area contributed by atoms with E-state index in [4.69, 9.17) is 14.2 Å². The van der Waals surface area contributed by atoms with Gasteiger partial charge in [-0.15, -0.1) is 0 Å². The van der Waals surface area contributed by atoms with E-state index < -0.39 is 5.97 Å². The van der Waals surface area contributed by atoms with Gasteiger partial charge in [0.1, 0.15) is 0 Å². The number of hydrogen-bond donors (Lipinski definition) is 0. The molecule has 0 N–H and O–H groups in total. The molecule has 0 amide bonds. The summed E-state index contributed by atoms with van der Waals surface area (Å²) in [6.45, 7) is 0.201. The van der Waals surface area contributed by atoms with E-state index in [2.05, 4.69) is 26.0 Å². The number of ether oxygens (including phenoxy) is 3. The maximum Gasteiger partial charge on any atom is 0.356 e. The Morgan fingerprint density at radius 2 is 2.13 bits per heavy atom. The average molecular weight is 376 g/mol. The lowest BCUT2D eigenvalue weighted by Gasteiger charge is -2.07. The van der Waals surface area contributed by atoms with Crippen molar-refractivity contribution in [2.75, 3.05) is 13.9 Å². The lowest BCUT2D eigenvalue weighted by Crippen LogP contribution is -2.10. The maximum atomic E-state index is 12.0. The molecule has 0 unspecified atom stereocenters. The molecular weight excluding hydrogens is 366 g/mol. The number of carbonyl (C=O) groups is 1. The Bertz CT molecular complexity index is 938. The van der Waals surface area contributed by atoms with E-state index >= 15 is 0 Å². The fourth-order valence-corrected chi connectivity index (χ4v) is 2.74. The second kappa shape index (κ2) is 5.24. The topological polar surface area (TPSA) is 75.0 Å². The highest BCUT2D eigenvalue weighted by molar-refractivity contribution is 9.10. The molecule has 1 aliphatic rings. The van der Waals surface area contributed by atoms with E-state index in [-0.39, 0.29) is 12.5 Å². The molecule has 0 spiro atoms. The van der Waals surface area contributed by atoms with E-state index in [1.165, 1.54) is 11.6 Å². The molecule has 8 heteroatoms. The number of esters is 1. The minimum Gasteiger partial charge on any atom is -0.464 e. The van der Waals surface area contributed by atoms with Gasteiger partial charge in [0.2, 0.25) is 6.79 Å². The van der Waals surface area contributed by atoms with Crippen LogP contribution in [-0.2, 0) is 4.74 Å². The van der Waals surface area contributed by atoms with Crippen LogP contribution < -0.4 is 9.47 Å². The quantitative estimate of drug-likeness (QED) is 0.641. The number of hydrogen-bond acceptors (Lipinski definition) is 6. The van der Waals surface area contributed by atoms with Crippen LogP contribution in [0.15, 0.2) is 34.9 Å². The average Bonchev–Trinajstić information content (AvgIpc) is 3.19. The van der Waals surface area contributed by atoms with Crippen molar-refractivity contribution in [1.82, 2.24) is 14.6 Å². The first-order valence-electron chi connectivity index (χ1n) is 6.70. The third kappa shape index (κ3) is 2.22. The van der Waals surface area contributed by atoms with Gasteiger partial charge in [0.25, 0.3) is 0 Å². The van der Waals surface area contributed by atoms with Crippen molar-refractivity contribution >= 4 is 27.5 Å². The van der Waals surface area contributed by atoms with Crippen molar-refractivity contribution < 1.29 is 19.0 Å². The van der Waals surface area contributed by atoms with Crippen LogP contribution in [0.5, 0.6) is 11.5 Å². The first kappa shape index (κ1) is 14.0. The lowest BCUT2D eigenvalue weighted by atomic mass is 10.1. The largest absolute Gasteiger partial charge is 0.464 e. The van der Waals surface area contributed by atoms with Crippen molar-refractivity contribution in [3.63, 3.8) is 0 Å². The van der Waals surface area contributed by atoms with Gasteiger partial charge < -0.3 is 14.2 Å². The van der Waals surface area contributed by atoms with Crippen LogP contribution in [0.2, 0.25) is 0 Å². The van der Waals surface area contributed by atoms with Crippen LogP contribution in [0.3, 0.4) is 0 Å². The van der Waals surface area contributed by atoms with Crippen molar-refractivity contribution in [2.45, 2.75) is 0 Å². The van der Waals surface area contributed by atoms with E-state index in [0.717, 1.165) is 5.56 Å². The Morgan fingerprint density at radius 3 is 2.96 bits per heavy atom. The van der Waals surface area contributed by atoms with Gasteiger partial charge in [0.05, 0.1) is 23.5 Å². The molecule has 116 valence electrons. The summed E-state index contributed by atoms with van der Waals surface area (Å²) in [6, 6.07) is 7.13. The van der Waals surface area contributed by atoms with Crippen molar-refractivity contribution in [3.05, 3.63) is 40.6 Å². The highest BCUT2D eigenvalue weighted by Gasteiger charge is 2.19. The Balaban J connectivity index is 1.93. The summed E-state index contributed by atoms with van der Waals surface area (Å²) in [7, 11) is 1.33. The standard InChI is InChI=1S/C15H10BrN3O4/c1-21-15(20)11-5-10(18-14-9(16)6-17-19(11)14)8-2-3-12-13(4-8)23-7-22-12/h2-6H,7H2,1H3. The number of nitrogens with zero attached hydrogens (tertiary/aromatic N) is 3. The van der Waals surface area contributed by atoms with Gasteiger partial charge in [-0.3, -0.25) is 0 Å². The summed E-state index contributed by atoms with van der Waals surface area (Å²) in [5.41, 5.74) is 2.23. The molecule has 0 aliphatic carbocycles. The van der Waals surface area contributed by atoms with Crippen LogP contribution in [0.1, 0.15) is 10.5 Å². The predicted octanol–water partition coefficient (Wildman–Crippen LogP) is 2.67. The lowest BCUT2D eigenvalue weighted by molar-refractivity contribution is 0.0590. The summed E-state index contributed by atoms with van der Waals surface area (Å²) in [4.78, 5) is 16.6. The minimum absolute atomic E-state index is 0.201. The second-order valence-electron chi connectivity index (χ2n) is 4.81. The monoisotopic (exact) mass is 375 g/mol. The molecule has 2 aromatic heterocycles. The van der Waals surface area contributed by atoms with E-state index in [9.17, 15) is 4.79 Å². The normalized spacial score (nSPS) is 12.6. The maximum absolute atomic E-state index is 12.0. The number of fused-ring (bicyclic) bond motifs is 2. The Hall–Kier alpha value is -2.61. The fourth-order valence-electron chi connectivity index (χ4n) is 2.39. The molecule has 1 aromatic carbocycles. The van der Waals surface area contributed by atoms with E-state index in [1.807, 2.05) is 18.2 Å². The summed E-state index contributed by atoms with van der Waals surface area (Å²) in [6.07, 6.45) is 1.58. The van der Waals surface area contributed by atoms with Crippen LogP contribution in [0, 0.1) is 0 Å². The second-order valence-corrected chi connectivity index (χ2v) is 5.67. The first-order valence-corrected chi connectivity index (χ1v) is 7.49.